The van der Waals surface area contributed by atoms with E-state index in [2.05, 4.69) is 4.74 Å². The van der Waals surface area contributed by atoms with Gasteiger partial charge in [-0.2, -0.15) is 0 Å². The first-order valence-electron chi connectivity index (χ1n) is 2.62. The molecule has 0 aliphatic rings. The van der Waals surface area contributed by atoms with E-state index in [4.69, 9.17) is 10.5 Å². The van der Waals surface area contributed by atoms with Gasteiger partial charge >= 0.3 is 0 Å². The van der Waals surface area contributed by atoms with E-state index in [1.54, 1.807) is 6.92 Å². The van der Waals surface area contributed by atoms with Crippen LogP contribution in [-0.2, 0) is 14.3 Å². The predicted octanol–water partition coefficient (Wildman–Crippen LogP) is -0.195. The van der Waals surface area contributed by atoms with E-state index in [1.165, 1.54) is 7.11 Å². The Morgan fingerprint density at radius 1 is 1.78 bits per heavy atom. The molecule has 0 aliphatic carbocycles. The predicted molar refractivity (Wildman–Crippen MR) is 30.5 cm³/mol. The maximum atomic E-state index is 10.2. The Bertz CT molecular complexity index is 94.2. The van der Waals surface area contributed by atoms with E-state index in [0.29, 0.717) is 6.61 Å². The van der Waals surface area contributed by atoms with Crippen LogP contribution in [0, 0.1) is 0 Å². The van der Waals surface area contributed by atoms with Crippen molar-refractivity contribution in [2.75, 3.05) is 13.7 Å². The molecule has 0 fully saturated rings. The molecule has 4 nitrogen and oxygen atoms in total. The Labute approximate surface area is 53.9 Å². The zero-order chi connectivity index (χ0) is 7.28. The summed E-state index contributed by atoms with van der Waals surface area (Å²) < 4.78 is 9.19. The number of methoxy groups -OCH3 is 1. The quantitative estimate of drug-likeness (QED) is 0.498. The van der Waals surface area contributed by atoms with E-state index >= 15 is 0 Å². The zero-order valence-electron chi connectivity index (χ0n) is 5.51. The minimum absolute atomic E-state index is 0.378. The van der Waals surface area contributed by atoms with Crippen LogP contribution in [0.1, 0.15) is 6.92 Å². The standard InChI is InChI=1S/C5H10NO3/c1-3-9-5(8-2)4(6)7/h5-6H,3H2,1-2H3. The molecule has 0 bridgehead atoms. The minimum Gasteiger partial charge on any atom is -0.348 e. The highest BCUT2D eigenvalue weighted by Crippen LogP contribution is 1.90. The molecule has 0 aromatic heterocycles. The molecular formula is C5H10NO3. The molecule has 0 saturated carbocycles. The molecule has 9 heavy (non-hydrogen) atoms. The number of amides is 1. The van der Waals surface area contributed by atoms with Crippen LogP contribution in [0.25, 0.3) is 0 Å². The van der Waals surface area contributed by atoms with Crippen LogP contribution in [0.4, 0.5) is 0 Å². The molecule has 0 heterocycles. The van der Waals surface area contributed by atoms with Crippen LogP contribution in [0.2, 0.25) is 0 Å². The van der Waals surface area contributed by atoms with Gasteiger partial charge in [0.05, 0.1) is 0 Å². The summed E-state index contributed by atoms with van der Waals surface area (Å²) in [7, 11) is 1.33. The topological polar surface area (TPSA) is 59.3 Å². The highest BCUT2D eigenvalue weighted by atomic mass is 16.7. The second-order valence-corrected chi connectivity index (χ2v) is 1.39. The van der Waals surface area contributed by atoms with Crippen LogP contribution < -0.4 is 5.73 Å². The molecule has 0 spiro atoms. The van der Waals surface area contributed by atoms with Gasteiger partial charge in [-0.25, -0.2) is 0 Å². The fourth-order valence-electron chi connectivity index (χ4n) is 0.402. The zero-order valence-corrected chi connectivity index (χ0v) is 5.51. The summed E-state index contributed by atoms with van der Waals surface area (Å²) in [4.78, 5) is 10.2. The second-order valence-electron chi connectivity index (χ2n) is 1.39. The van der Waals surface area contributed by atoms with Crippen LogP contribution in [-0.4, -0.2) is 25.9 Å². The summed E-state index contributed by atoms with van der Waals surface area (Å²) in [6.45, 7) is 2.11. The number of hydrogen-bond donors (Lipinski definition) is 0. The number of ether oxygens (including phenoxy) is 2. The Kier molecular flexibility index (Phi) is 4.00. The van der Waals surface area contributed by atoms with Crippen LogP contribution in [0.3, 0.4) is 0 Å². The third-order valence-corrected chi connectivity index (χ3v) is 0.746. The molecule has 0 aliphatic heterocycles. The van der Waals surface area contributed by atoms with Gasteiger partial charge in [-0.1, -0.05) is 0 Å². The number of nitrogens with one attached hydrogen (secondary N) is 1. The van der Waals surface area contributed by atoms with E-state index < -0.39 is 12.2 Å². The van der Waals surface area contributed by atoms with E-state index in [0.717, 1.165) is 0 Å². The molecule has 1 atom stereocenters. The Balaban J connectivity index is 3.54. The molecule has 1 radical (unpaired) electrons. The van der Waals surface area contributed by atoms with Crippen molar-refractivity contribution in [3.05, 3.63) is 0 Å². The van der Waals surface area contributed by atoms with Crippen LogP contribution >= 0.6 is 0 Å². The summed E-state index contributed by atoms with van der Waals surface area (Å²) in [5.74, 6) is -0.848. The average molecular weight is 132 g/mol. The van der Waals surface area contributed by atoms with Crippen molar-refractivity contribution in [2.24, 2.45) is 0 Å². The van der Waals surface area contributed by atoms with Crippen molar-refractivity contribution in [2.45, 2.75) is 13.2 Å². The first kappa shape index (κ1) is 8.39. The summed E-state index contributed by atoms with van der Waals surface area (Å²) in [6.07, 6.45) is -1.00. The van der Waals surface area contributed by atoms with Crippen LogP contribution in [0.15, 0.2) is 0 Å². The summed E-state index contributed by atoms with van der Waals surface area (Å²) in [6, 6.07) is 0. The van der Waals surface area contributed by atoms with Crippen molar-refractivity contribution in [1.29, 1.82) is 0 Å². The Morgan fingerprint density at radius 2 is 2.33 bits per heavy atom. The minimum atomic E-state index is -1.00. The van der Waals surface area contributed by atoms with Gasteiger partial charge in [0.2, 0.25) is 6.29 Å². The first-order chi connectivity index (χ1) is 4.22. The lowest BCUT2D eigenvalue weighted by atomic mass is 10.6. The molecule has 0 aromatic carbocycles. The summed E-state index contributed by atoms with van der Waals surface area (Å²) >= 11 is 0. The van der Waals surface area contributed by atoms with Gasteiger partial charge in [-0.15, -0.1) is 0 Å². The number of carbonyl (C=O) groups is 1. The molecular weight excluding hydrogens is 122 g/mol. The van der Waals surface area contributed by atoms with Gasteiger partial charge < -0.3 is 9.47 Å². The molecule has 0 aromatic rings. The highest BCUT2D eigenvalue weighted by molar-refractivity contribution is 5.76. The first-order valence-corrected chi connectivity index (χ1v) is 2.62. The number of hydrogen-bond acceptors (Lipinski definition) is 3. The monoisotopic (exact) mass is 132 g/mol. The smallest absolute Gasteiger partial charge is 0.295 e. The van der Waals surface area contributed by atoms with Crippen molar-refractivity contribution < 1.29 is 14.3 Å². The fourth-order valence-corrected chi connectivity index (χ4v) is 0.402. The average Bonchev–Trinajstić information content (AvgIpc) is 1.82. The Hall–Kier alpha value is -0.610. The van der Waals surface area contributed by atoms with Crippen molar-refractivity contribution in [3.8, 4) is 0 Å². The molecule has 1 N–H and O–H groups in total. The summed E-state index contributed by atoms with van der Waals surface area (Å²) in [5.41, 5.74) is 6.55. The largest absolute Gasteiger partial charge is 0.348 e. The lowest BCUT2D eigenvalue weighted by Gasteiger charge is -2.08. The van der Waals surface area contributed by atoms with Gasteiger partial charge in [0.25, 0.3) is 5.91 Å². The molecule has 0 saturated heterocycles. The third kappa shape index (κ3) is 3.05. The van der Waals surface area contributed by atoms with Gasteiger partial charge in [0, 0.05) is 13.7 Å². The van der Waals surface area contributed by atoms with Gasteiger partial charge in [0.15, 0.2) is 0 Å². The molecule has 1 amide bonds. The summed E-state index contributed by atoms with van der Waals surface area (Å²) in [5, 5.41) is 0. The van der Waals surface area contributed by atoms with E-state index in [1.807, 2.05) is 0 Å². The molecule has 0 rings (SSSR count). The third-order valence-electron chi connectivity index (χ3n) is 0.746. The van der Waals surface area contributed by atoms with Crippen molar-refractivity contribution in [1.82, 2.24) is 5.73 Å². The normalized spacial score (nSPS) is 13.1. The Morgan fingerprint density at radius 3 is 2.44 bits per heavy atom. The number of rotatable bonds is 4. The fraction of sp³-hybridized carbons (Fsp3) is 0.800. The molecule has 1 unspecified atom stereocenters. The second kappa shape index (κ2) is 4.29. The van der Waals surface area contributed by atoms with Crippen LogP contribution in [0.5, 0.6) is 0 Å². The lowest BCUT2D eigenvalue weighted by molar-refractivity contribution is -0.161. The van der Waals surface area contributed by atoms with E-state index in [-0.39, 0.29) is 0 Å². The SMILES string of the molecule is CCOC(OC)C([NH])=O. The van der Waals surface area contributed by atoms with Crippen molar-refractivity contribution >= 4 is 5.91 Å². The van der Waals surface area contributed by atoms with Gasteiger partial charge in [-0.3, -0.25) is 10.5 Å². The van der Waals surface area contributed by atoms with Gasteiger partial charge in [-0.05, 0) is 6.92 Å². The number of carbonyl (C=O) groups excluding carboxylic acids is 1. The molecule has 53 valence electrons. The van der Waals surface area contributed by atoms with Crippen molar-refractivity contribution in [3.63, 3.8) is 0 Å². The molecule has 4 heteroatoms. The van der Waals surface area contributed by atoms with E-state index in [9.17, 15) is 4.79 Å². The lowest BCUT2D eigenvalue weighted by Crippen LogP contribution is -2.26. The maximum absolute atomic E-state index is 10.2. The van der Waals surface area contributed by atoms with Gasteiger partial charge in [0.1, 0.15) is 0 Å². The maximum Gasteiger partial charge on any atom is 0.295 e. The highest BCUT2D eigenvalue weighted by Gasteiger charge is 2.12.